The lowest BCUT2D eigenvalue weighted by atomic mass is 9.65. The van der Waals surface area contributed by atoms with Crippen LogP contribution in [0.15, 0.2) is 54.6 Å². The van der Waals surface area contributed by atoms with Crippen LogP contribution in [-0.4, -0.2) is 85.5 Å². The number of rotatable bonds is 20. The monoisotopic (exact) mass is 835 g/mol. The van der Waals surface area contributed by atoms with E-state index in [1.165, 1.54) is 4.90 Å². The molecule has 1 fully saturated rings. The zero-order valence-electron chi connectivity index (χ0n) is 36.7. The summed E-state index contributed by atoms with van der Waals surface area (Å²) in [5, 5.41) is 8.00. The topological polar surface area (TPSA) is 213 Å². The van der Waals surface area contributed by atoms with E-state index in [1.54, 1.807) is 45.0 Å². The fourth-order valence-corrected chi connectivity index (χ4v) is 6.99. The van der Waals surface area contributed by atoms with Crippen LogP contribution in [-0.2, 0) is 51.2 Å². The molecule has 2 aromatic rings. The molecule has 0 spiro atoms. The highest BCUT2D eigenvalue weighted by Gasteiger charge is 2.56. The minimum atomic E-state index is -1.05. The van der Waals surface area contributed by atoms with Gasteiger partial charge in [-0.2, -0.15) is 0 Å². The van der Waals surface area contributed by atoms with Crippen molar-refractivity contribution in [2.45, 2.75) is 101 Å². The van der Waals surface area contributed by atoms with Gasteiger partial charge in [-0.1, -0.05) is 84.0 Å². The fraction of sp³-hybridized carbons (Fsp3) is 0.578. The van der Waals surface area contributed by atoms with Gasteiger partial charge in [0.1, 0.15) is 13.2 Å². The number of alkyl carbamates (subject to hydrolysis) is 1. The summed E-state index contributed by atoms with van der Waals surface area (Å²) >= 11 is 0. The van der Waals surface area contributed by atoms with E-state index in [-0.39, 0.29) is 76.6 Å². The van der Waals surface area contributed by atoms with Crippen LogP contribution >= 0.6 is 0 Å². The predicted molar refractivity (Wildman–Crippen MR) is 226 cm³/mol. The van der Waals surface area contributed by atoms with Gasteiger partial charge in [-0.3, -0.25) is 28.9 Å². The van der Waals surface area contributed by atoms with Gasteiger partial charge in [-0.25, -0.2) is 9.59 Å². The average Bonchev–Trinajstić information content (AvgIpc) is 3.42. The molecule has 1 saturated heterocycles. The third-order valence-corrected chi connectivity index (χ3v) is 10.2. The summed E-state index contributed by atoms with van der Waals surface area (Å²) in [6, 6.07) is 14.1. The van der Waals surface area contributed by atoms with Gasteiger partial charge in [0.05, 0.1) is 43.1 Å². The van der Waals surface area contributed by atoms with Gasteiger partial charge < -0.3 is 35.9 Å². The van der Waals surface area contributed by atoms with Crippen molar-refractivity contribution in [1.29, 1.82) is 0 Å². The van der Waals surface area contributed by atoms with Crippen molar-refractivity contribution in [2.75, 3.05) is 38.2 Å². The number of nitrogens with one attached hydrogen (secondary N) is 3. The van der Waals surface area contributed by atoms with Crippen LogP contribution < -0.4 is 21.7 Å². The number of hydrogen-bond donors (Lipinski definition) is 4. The molecule has 5 N–H and O–H groups in total. The molecule has 2 unspecified atom stereocenters. The largest absolute Gasteiger partial charge is 0.460 e. The number of carbonyl (C=O) groups excluding carboxylic acids is 7. The number of nitrogens with two attached hydrogens (primary N) is 1. The molecule has 3 rings (SSSR count). The van der Waals surface area contributed by atoms with Crippen molar-refractivity contribution in [1.82, 2.24) is 15.5 Å². The number of amides is 6. The van der Waals surface area contributed by atoms with Gasteiger partial charge in [0.2, 0.25) is 17.7 Å². The van der Waals surface area contributed by atoms with E-state index in [9.17, 15) is 33.6 Å². The van der Waals surface area contributed by atoms with Gasteiger partial charge in [0.15, 0.2) is 5.78 Å². The summed E-state index contributed by atoms with van der Waals surface area (Å²) in [6.07, 6.45) is -0.392. The first-order valence-electron chi connectivity index (χ1n) is 20.5. The number of urea groups is 1. The summed E-state index contributed by atoms with van der Waals surface area (Å²) in [4.78, 5) is 92.0. The molecule has 0 aliphatic carbocycles. The Balaban J connectivity index is 1.62. The maximum absolute atomic E-state index is 13.9. The molecule has 2 aromatic carbocycles. The Morgan fingerprint density at radius 3 is 1.92 bits per heavy atom. The summed E-state index contributed by atoms with van der Waals surface area (Å²) in [6.45, 7) is 17.3. The van der Waals surface area contributed by atoms with Crippen LogP contribution in [0.2, 0.25) is 0 Å². The zero-order chi connectivity index (χ0) is 44.8. The Morgan fingerprint density at radius 1 is 0.767 bits per heavy atom. The summed E-state index contributed by atoms with van der Waals surface area (Å²) in [5.41, 5.74) is 5.72. The predicted octanol–water partition coefficient (Wildman–Crippen LogP) is 5.79. The zero-order valence-corrected chi connectivity index (χ0v) is 36.7. The third kappa shape index (κ3) is 15.4. The van der Waals surface area contributed by atoms with Crippen LogP contribution in [0, 0.1) is 34.0 Å². The van der Waals surface area contributed by atoms with Gasteiger partial charge in [0, 0.05) is 24.6 Å². The third-order valence-electron chi connectivity index (χ3n) is 10.2. The number of likely N-dealkylation sites (tertiary alicyclic amines) is 1. The minimum Gasteiger partial charge on any atom is -0.460 e. The molecule has 6 amide bonds. The Morgan fingerprint density at radius 2 is 1.37 bits per heavy atom. The summed E-state index contributed by atoms with van der Waals surface area (Å²) in [5.74, 6) is -3.36. The van der Waals surface area contributed by atoms with E-state index in [1.807, 2.05) is 71.9 Å². The average molecular weight is 836 g/mol. The number of Topliss-reactive ketones (excluding diaryl/α,β-unsaturated/α-hetero) is 1. The molecule has 4 atom stereocenters. The van der Waals surface area contributed by atoms with Crippen LogP contribution in [0.4, 0.5) is 15.3 Å². The number of anilines is 1. The highest BCUT2D eigenvalue weighted by Crippen LogP contribution is 2.47. The first-order valence-corrected chi connectivity index (χ1v) is 20.5. The molecule has 0 saturated carbocycles. The smallest absolute Gasteiger partial charge is 0.407 e. The van der Waals surface area contributed by atoms with Crippen molar-refractivity contribution in [3.63, 3.8) is 0 Å². The Kier molecular flexibility index (Phi) is 17.8. The standard InChI is InChI=1S/C45H65N5O10/c1-43(2,3)35-36(44(4,5)6)39(54)50(38(35)53)22-23-58-24-25-59-42(57)49-33(26-29-14-11-10-12-15-29)34(51)27-31(16-13-21-47-41(46)56)37(52)48-32-19-17-30(18-20-32)28-60-40(55)45(7,8)9/h10-12,14-15,17-20,31,33,35-36H,13,16,21-28H2,1-9H3,(H,48,52)(H,49,57)(H3,46,47,56)/t31-,33-,35?,36?/m1/s1. The number of nitrogens with zero attached hydrogens (tertiary/aromatic N) is 1. The summed E-state index contributed by atoms with van der Waals surface area (Å²) < 4.78 is 16.4. The maximum Gasteiger partial charge on any atom is 0.407 e. The van der Waals surface area contributed by atoms with E-state index in [0.717, 1.165) is 11.1 Å². The minimum absolute atomic E-state index is 0.0169. The quantitative estimate of drug-likeness (QED) is 0.0717. The molecule has 0 bridgehead atoms. The van der Waals surface area contributed by atoms with Crippen LogP contribution in [0.25, 0.3) is 0 Å². The Bertz CT molecular complexity index is 1760. The lowest BCUT2D eigenvalue weighted by Gasteiger charge is -2.35. The van der Waals surface area contributed by atoms with Gasteiger partial charge in [-0.05, 0) is 74.1 Å². The normalized spacial score (nSPS) is 16.8. The van der Waals surface area contributed by atoms with Gasteiger partial charge >= 0.3 is 18.1 Å². The summed E-state index contributed by atoms with van der Waals surface area (Å²) in [7, 11) is 0. The number of carbonyl (C=O) groups is 7. The number of hydrogen-bond acceptors (Lipinski definition) is 10. The first kappa shape index (κ1) is 49.1. The number of esters is 1. The van der Waals surface area contributed by atoms with Gasteiger partial charge in [0.25, 0.3) is 0 Å². The molecule has 1 aliphatic rings. The molecule has 15 heteroatoms. The molecule has 15 nitrogen and oxygen atoms in total. The highest BCUT2D eigenvalue weighted by molar-refractivity contribution is 6.05. The van der Waals surface area contributed by atoms with Crippen molar-refractivity contribution in [2.24, 2.45) is 39.7 Å². The van der Waals surface area contributed by atoms with E-state index in [4.69, 9.17) is 19.9 Å². The Labute approximate surface area is 354 Å². The first-order chi connectivity index (χ1) is 28.0. The number of imide groups is 1. The van der Waals surface area contributed by atoms with E-state index >= 15 is 0 Å². The molecular weight excluding hydrogens is 771 g/mol. The fourth-order valence-electron chi connectivity index (χ4n) is 6.99. The van der Waals surface area contributed by atoms with Crippen molar-refractivity contribution in [3.8, 4) is 0 Å². The second kappa shape index (κ2) is 21.8. The molecule has 60 heavy (non-hydrogen) atoms. The SMILES string of the molecule is CC(C)(C)C(=O)OCc1ccc(NC(=O)[C@H](CCCNC(N)=O)CC(=O)[C@@H](Cc2ccccc2)NC(=O)OCCOCCN2C(=O)C(C(C)(C)C)C(C(C)(C)C)C2=O)cc1. The lowest BCUT2D eigenvalue weighted by Crippen LogP contribution is -2.44. The van der Waals surface area contributed by atoms with Crippen molar-refractivity contribution >= 4 is 47.3 Å². The van der Waals surface area contributed by atoms with Crippen LogP contribution in [0.1, 0.15) is 92.7 Å². The molecule has 1 aliphatic heterocycles. The maximum atomic E-state index is 13.9. The van der Waals surface area contributed by atoms with E-state index < -0.39 is 63.9 Å². The van der Waals surface area contributed by atoms with Crippen LogP contribution in [0.5, 0.6) is 0 Å². The molecule has 330 valence electrons. The van der Waals surface area contributed by atoms with E-state index in [2.05, 4.69) is 16.0 Å². The second-order valence-corrected chi connectivity index (χ2v) is 18.5. The van der Waals surface area contributed by atoms with Crippen LogP contribution in [0.3, 0.4) is 0 Å². The Hall–Kier alpha value is -5.31. The number of ketones is 1. The highest BCUT2D eigenvalue weighted by atomic mass is 16.6. The van der Waals surface area contributed by atoms with Crippen molar-refractivity contribution < 1.29 is 47.8 Å². The molecule has 0 aromatic heterocycles. The van der Waals surface area contributed by atoms with Gasteiger partial charge in [-0.15, -0.1) is 0 Å². The van der Waals surface area contributed by atoms with E-state index in [0.29, 0.717) is 12.1 Å². The number of primary amides is 1. The number of benzene rings is 2. The molecular formula is C45H65N5O10. The van der Waals surface area contributed by atoms with Crippen molar-refractivity contribution in [3.05, 3.63) is 65.7 Å². The second-order valence-electron chi connectivity index (χ2n) is 18.5. The molecule has 1 heterocycles. The number of ether oxygens (including phenoxy) is 3. The lowest BCUT2D eigenvalue weighted by molar-refractivity contribution is -0.154. The molecule has 0 radical (unpaired) electrons.